The van der Waals surface area contributed by atoms with Crippen LogP contribution in [0, 0.1) is 0 Å². The largest absolute Gasteiger partial charge is 0.487 e. The number of ether oxygens (including phenoxy) is 1. The van der Waals surface area contributed by atoms with Crippen LogP contribution < -0.4 is 9.26 Å². The van der Waals surface area contributed by atoms with E-state index in [2.05, 4.69) is 158 Å². The predicted octanol–water partition coefficient (Wildman–Crippen LogP) is 12.9. The van der Waals surface area contributed by atoms with Crippen LogP contribution in [0.3, 0.4) is 0 Å². The highest BCUT2D eigenvalue weighted by molar-refractivity contribution is 7.32. The Hall–Kier alpha value is -2.22. The van der Waals surface area contributed by atoms with Crippen LogP contribution in [0.2, 0.25) is 0 Å². The van der Waals surface area contributed by atoms with Crippen molar-refractivity contribution >= 4 is 39.4 Å². The number of hydrogen-bond donors (Lipinski definition) is 0. The molecule has 0 aliphatic carbocycles. The number of rotatable bonds is 11. The van der Waals surface area contributed by atoms with Crippen LogP contribution in [0.1, 0.15) is 126 Å². The lowest BCUT2D eigenvalue weighted by Gasteiger charge is -2.25. The number of fused-ring (bicyclic) bond motifs is 2. The first-order valence-corrected chi connectivity index (χ1v) is 19.3. The molecule has 0 heterocycles. The third-order valence-electron chi connectivity index (χ3n) is 8.86. The summed E-state index contributed by atoms with van der Waals surface area (Å²) in [6, 6.07) is 22.5. The van der Waals surface area contributed by atoms with Crippen molar-refractivity contribution < 1.29 is 18.3 Å². The van der Waals surface area contributed by atoms with Gasteiger partial charge in [0.2, 0.25) is 9.03 Å². The lowest BCUT2D eigenvalue weighted by Crippen LogP contribution is -2.16. The van der Waals surface area contributed by atoms with Gasteiger partial charge in [-0.2, -0.15) is 0 Å². The van der Waals surface area contributed by atoms with E-state index in [0.29, 0.717) is 6.35 Å². The van der Waals surface area contributed by atoms with Crippen molar-refractivity contribution in [2.45, 2.75) is 137 Å². The maximum atomic E-state index is 6.37. The third-order valence-corrected chi connectivity index (χ3v) is 10.5. The molecule has 0 aromatic heterocycles. The number of benzene rings is 4. The molecule has 6 heteroatoms. The van der Waals surface area contributed by atoms with Crippen molar-refractivity contribution in [3.05, 3.63) is 82.9 Å². The summed E-state index contributed by atoms with van der Waals surface area (Å²) in [4.78, 5) is 0. The van der Waals surface area contributed by atoms with Crippen molar-refractivity contribution in [2.75, 3.05) is 6.35 Å². The minimum absolute atomic E-state index is 0.00269. The zero-order chi connectivity index (χ0) is 35.7. The minimum Gasteiger partial charge on any atom is -0.487 e. The Morgan fingerprint density at radius 2 is 0.979 bits per heavy atom. The second-order valence-electron chi connectivity index (χ2n) is 17.5. The van der Waals surface area contributed by atoms with Gasteiger partial charge in [0.1, 0.15) is 17.8 Å². The van der Waals surface area contributed by atoms with E-state index in [1.54, 1.807) is 0 Å². The standard InChI is InChI=1S/C42H60O4P2/c1-27(44-47-26-43-37-24-29-15-17-33(39(3,4)5)20-31(29)22-35(37)41(9,10)11)19-28(2)45-48-46-38-25-30-16-18-34(40(6,7)8)21-32(30)23-36(38)42(12,13)14/h15-18,20-25,27-28,47-48H,19,26H2,1-14H3. The van der Waals surface area contributed by atoms with Gasteiger partial charge < -0.3 is 18.3 Å². The van der Waals surface area contributed by atoms with Gasteiger partial charge in [0.25, 0.3) is 0 Å². The van der Waals surface area contributed by atoms with Crippen LogP contribution in [0.15, 0.2) is 60.7 Å². The molecule has 0 radical (unpaired) electrons. The molecule has 0 aliphatic rings. The Bertz CT molecular complexity index is 1700. The average molecular weight is 691 g/mol. The minimum atomic E-state index is -0.0895. The molecule has 0 saturated carbocycles. The molecule has 48 heavy (non-hydrogen) atoms. The summed E-state index contributed by atoms with van der Waals surface area (Å²) in [5.41, 5.74) is 5.22. The average Bonchev–Trinajstić information content (AvgIpc) is 2.96. The van der Waals surface area contributed by atoms with Gasteiger partial charge in [-0.1, -0.05) is 119 Å². The number of hydrogen-bond acceptors (Lipinski definition) is 4. The van der Waals surface area contributed by atoms with Crippen molar-refractivity contribution in [3.8, 4) is 11.5 Å². The lowest BCUT2D eigenvalue weighted by atomic mass is 9.82. The fourth-order valence-corrected chi connectivity index (χ4v) is 7.09. The van der Waals surface area contributed by atoms with Gasteiger partial charge in [0.05, 0.1) is 21.0 Å². The zero-order valence-corrected chi connectivity index (χ0v) is 34.0. The summed E-state index contributed by atoms with van der Waals surface area (Å²) in [6.45, 7) is 31.2. The highest BCUT2D eigenvalue weighted by Gasteiger charge is 2.23. The van der Waals surface area contributed by atoms with E-state index in [1.807, 2.05) is 0 Å². The van der Waals surface area contributed by atoms with Crippen molar-refractivity contribution in [1.82, 2.24) is 0 Å². The molecule has 4 aromatic rings. The van der Waals surface area contributed by atoms with Gasteiger partial charge in [-0.15, -0.1) is 0 Å². The molecule has 4 unspecified atom stereocenters. The molecule has 0 fully saturated rings. The molecule has 4 rings (SSSR count). The molecule has 4 aromatic carbocycles. The van der Waals surface area contributed by atoms with Crippen molar-refractivity contribution in [2.24, 2.45) is 0 Å². The van der Waals surface area contributed by atoms with Gasteiger partial charge in [0, 0.05) is 17.5 Å². The molecule has 4 nitrogen and oxygen atoms in total. The van der Waals surface area contributed by atoms with E-state index in [9.17, 15) is 0 Å². The maximum absolute atomic E-state index is 6.37. The van der Waals surface area contributed by atoms with Crippen LogP contribution in [0.4, 0.5) is 0 Å². The van der Waals surface area contributed by atoms with Crippen LogP contribution in [-0.4, -0.2) is 18.6 Å². The molecule has 0 saturated heterocycles. The van der Waals surface area contributed by atoms with Crippen LogP contribution in [-0.2, 0) is 30.7 Å². The van der Waals surface area contributed by atoms with Crippen molar-refractivity contribution in [3.63, 3.8) is 0 Å². The van der Waals surface area contributed by atoms with Crippen LogP contribution >= 0.6 is 17.8 Å². The first kappa shape index (κ1) is 38.6. The fourth-order valence-electron chi connectivity index (χ4n) is 5.86. The first-order valence-electron chi connectivity index (χ1n) is 17.4. The smallest absolute Gasteiger partial charge is 0.215 e. The summed E-state index contributed by atoms with van der Waals surface area (Å²) >= 11 is 0. The molecule has 262 valence electrons. The van der Waals surface area contributed by atoms with Gasteiger partial charge in [0.15, 0.2) is 0 Å². The first-order chi connectivity index (χ1) is 22.1. The Morgan fingerprint density at radius 3 is 1.46 bits per heavy atom. The monoisotopic (exact) mass is 690 g/mol. The molecular formula is C42H60O4P2. The zero-order valence-electron chi connectivity index (χ0n) is 32.0. The Labute approximate surface area is 294 Å². The molecule has 0 aliphatic heterocycles. The second-order valence-corrected chi connectivity index (χ2v) is 19.0. The highest BCUT2D eigenvalue weighted by Crippen LogP contribution is 2.40. The van der Waals surface area contributed by atoms with Gasteiger partial charge in [-0.05, 0) is 92.4 Å². The molecule has 0 amide bonds. The topological polar surface area (TPSA) is 36.9 Å². The van der Waals surface area contributed by atoms with Gasteiger partial charge in [-0.25, -0.2) is 0 Å². The Kier molecular flexibility index (Phi) is 12.0. The van der Waals surface area contributed by atoms with Crippen LogP contribution in [0.5, 0.6) is 11.5 Å². The van der Waals surface area contributed by atoms with E-state index in [1.165, 1.54) is 43.8 Å². The van der Waals surface area contributed by atoms with Crippen LogP contribution in [0.25, 0.3) is 21.5 Å². The maximum Gasteiger partial charge on any atom is 0.215 e. The normalized spacial score (nSPS) is 14.9. The highest BCUT2D eigenvalue weighted by atomic mass is 31.1. The molecule has 4 atom stereocenters. The SMILES string of the molecule is CC(CC(C)OPOc1cc2ccc(C(C)(C)C)cc2cc1C(C)(C)C)OPCOc1cc2ccc(C(C)(C)C)cc2cc1C(C)(C)C. The van der Waals surface area contributed by atoms with E-state index in [4.69, 9.17) is 18.3 Å². The quantitative estimate of drug-likeness (QED) is 0.116. The van der Waals surface area contributed by atoms with E-state index in [-0.39, 0.29) is 51.7 Å². The predicted molar refractivity (Wildman–Crippen MR) is 211 cm³/mol. The summed E-state index contributed by atoms with van der Waals surface area (Å²) in [5.74, 6) is 1.83. The van der Waals surface area contributed by atoms with Gasteiger partial charge >= 0.3 is 0 Å². The lowest BCUT2D eigenvalue weighted by molar-refractivity contribution is 0.147. The summed E-state index contributed by atoms with van der Waals surface area (Å²) in [7, 11) is 0.146. The van der Waals surface area contributed by atoms with E-state index < -0.39 is 0 Å². The van der Waals surface area contributed by atoms with Crippen molar-refractivity contribution in [1.29, 1.82) is 0 Å². The Balaban J connectivity index is 1.31. The summed E-state index contributed by atoms with van der Waals surface area (Å²) < 4.78 is 25.0. The van der Waals surface area contributed by atoms with E-state index in [0.717, 1.165) is 17.9 Å². The molecular weight excluding hydrogens is 630 g/mol. The third kappa shape index (κ3) is 10.2. The fraction of sp³-hybridized carbons (Fsp3) is 0.524. The van der Waals surface area contributed by atoms with E-state index >= 15 is 0 Å². The molecule has 0 spiro atoms. The summed E-state index contributed by atoms with van der Waals surface area (Å²) in [5, 5.41) is 4.89. The van der Waals surface area contributed by atoms with Gasteiger partial charge in [-0.3, -0.25) is 0 Å². The Morgan fingerprint density at radius 1 is 0.521 bits per heavy atom. The summed E-state index contributed by atoms with van der Waals surface area (Å²) in [6.07, 6.45) is 1.35. The second kappa shape index (κ2) is 14.9. The molecule has 0 N–H and O–H groups in total. The molecule has 0 bridgehead atoms.